The van der Waals surface area contributed by atoms with Gasteiger partial charge in [0, 0.05) is 6.07 Å². The summed E-state index contributed by atoms with van der Waals surface area (Å²) < 4.78 is 5.59. The minimum absolute atomic E-state index is 0.304. The molecule has 3 rings (SSSR count). The molecule has 0 bridgehead atoms. The van der Waals surface area contributed by atoms with Crippen molar-refractivity contribution in [3.63, 3.8) is 0 Å². The molecule has 0 aliphatic carbocycles. The average Bonchev–Trinajstić information content (AvgIpc) is 2.75. The van der Waals surface area contributed by atoms with Crippen molar-refractivity contribution in [2.24, 2.45) is 0 Å². The van der Waals surface area contributed by atoms with Crippen LogP contribution in [0.3, 0.4) is 0 Å². The molecule has 0 aliphatic rings. The van der Waals surface area contributed by atoms with Crippen LogP contribution in [0.1, 0.15) is 5.82 Å². The highest BCUT2D eigenvalue weighted by molar-refractivity contribution is 6.36. The van der Waals surface area contributed by atoms with Crippen LogP contribution in [0.15, 0.2) is 24.5 Å². The number of H-pyrrole nitrogens is 1. The number of nitrogens with one attached hydrogen (secondary N) is 1. The number of imidazole rings is 1. The predicted molar refractivity (Wildman–Crippen MR) is 73.0 cm³/mol. The monoisotopic (exact) mass is 294 g/mol. The van der Waals surface area contributed by atoms with Crippen LogP contribution < -0.4 is 4.74 Å². The Morgan fingerprint density at radius 1 is 1.21 bits per heavy atom. The summed E-state index contributed by atoms with van der Waals surface area (Å²) in [6, 6.07) is 5.11. The molecule has 3 aromatic rings. The molecule has 0 fully saturated rings. The lowest BCUT2D eigenvalue weighted by Crippen LogP contribution is -1.90. The van der Waals surface area contributed by atoms with Gasteiger partial charge in [0.2, 0.25) is 5.88 Å². The first kappa shape index (κ1) is 12.2. The molecule has 0 atom stereocenters. The summed E-state index contributed by atoms with van der Waals surface area (Å²) in [6.07, 6.45) is 1.32. The van der Waals surface area contributed by atoms with Gasteiger partial charge in [0.25, 0.3) is 0 Å². The third kappa shape index (κ3) is 2.34. The van der Waals surface area contributed by atoms with Crippen molar-refractivity contribution in [2.45, 2.75) is 6.92 Å². The molecule has 5 nitrogen and oxygen atoms in total. The van der Waals surface area contributed by atoms with Crippen molar-refractivity contribution >= 4 is 34.2 Å². The fourth-order valence-electron chi connectivity index (χ4n) is 1.71. The van der Waals surface area contributed by atoms with Gasteiger partial charge in [0.05, 0.1) is 5.52 Å². The summed E-state index contributed by atoms with van der Waals surface area (Å²) in [4.78, 5) is 15.1. The molecule has 0 saturated carbocycles. The molecule has 0 amide bonds. The summed E-state index contributed by atoms with van der Waals surface area (Å²) in [5, 5.41) is 0.731. The van der Waals surface area contributed by atoms with Crippen LogP contribution in [-0.2, 0) is 0 Å². The number of halogens is 2. The van der Waals surface area contributed by atoms with E-state index in [1.165, 1.54) is 12.4 Å². The molecule has 0 radical (unpaired) electrons. The minimum atomic E-state index is 0.304. The van der Waals surface area contributed by atoms with E-state index in [2.05, 4.69) is 19.9 Å². The summed E-state index contributed by atoms with van der Waals surface area (Å²) in [5.74, 6) is 1.59. The maximum absolute atomic E-state index is 6.26. The number of nitrogens with zero attached hydrogens (tertiary/aromatic N) is 3. The van der Waals surface area contributed by atoms with Gasteiger partial charge in [-0.3, -0.25) is 0 Å². The van der Waals surface area contributed by atoms with Gasteiger partial charge in [-0.25, -0.2) is 15.0 Å². The standard InChI is InChI=1S/C12H8Cl2N4O/c1-6-17-7-2-3-8(11(14)12(7)18-6)19-10-4-9(13)15-5-16-10/h2-5H,1H3,(H,17,18). The Kier molecular flexibility index (Phi) is 3.00. The quantitative estimate of drug-likeness (QED) is 0.731. The van der Waals surface area contributed by atoms with E-state index in [-0.39, 0.29) is 0 Å². The summed E-state index contributed by atoms with van der Waals surface area (Å²) >= 11 is 12.0. The molecule has 0 aliphatic heterocycles. The molecule has 96 valence electrons. The molecular weight excluding hydrogens is 287 g/mol. The second-order valence-corrected chi connectivity index (χ2v) is 4.64. The van der Waals surface area contributed by atoms with Crippen LogP contribution in [0.25, 0.3) is 11.0 Å². The number of hydrogen-bond acceptors (Lipinski definition) is 4. The van der Waals surface area contributed by atoms with Crippen molar-refractivity contribution in [1.29, 1.82) is 0 Å². The van der Waals surface area contributed by atoms with Crippen LogP contribution in [0.2, 0.25) is 10.2 Å². The zero-order chi connectivity index (χ0) is 13.4. The molecular formula is C12H8Cl2N4O. The van der Waals surface area contributed by atoms with Crippen molar-refractivity contribution in [1.82, 2.24) is 19.9 Å². The van der Waals surface area contributed by atoms with Gasteiger partial charge >= 0.3 is 0 Å². The summed E-state index contributed by atoms with van der Waals surface area (Å²) in [5.41, 5.74) is 1.52. The summed E-state index contributed by atoms with van der Waals surface area (Å²) in [7, 11) is 0. The molecule has 1 aromatic carbocycles. The molecule has 19 heavy (non-hydrogen) atoms. The molecule has 0 unspecified atom stereocenters. The van der Waals surface area contributed by atoms with Gasteiger partial charge < -0.3 is 9.72 Å². The molecule has 7 heteroatoms. The molecule has 0 saturated heterocycles. The Hall–Kier alpha value is -1.85. The Balaban J connectivity index is 2.03. The van der Waals surface area contributed by atoms with E-state index in [1.807, 2.05) is 13.0 Å². The van der Waals surface area contributed by atoms with Gasteiger partial charge in [-0.15, -0.1) is 0 Å². The van der Waals surface area contributed by atoms with Crippen molar-refractivity contribution in [3.05, 3.63) is 40.5 Å². The largest absolute Gasteiger partial charge is 0.437 e. The second kappa shape index (κ2) is 4.68. The van der Waals surface area contributed by atoms with E-state index in [4.69, 9.17) is 27.9 Å². The normalized spacial score (nSPS) is 10.9. The van der Waals surface area contributed by atoms with Crippen LogP contribution in [0.5, 0.6) is 11.6 Å². The maximum Gasteiger partial charge on any atom is 0.223 e. The van der Waals surface area contributed by atoms with Crippen molar-refractivity contribution in [2.75, 3.05) is 0 Å². The van der Waals surface area contributed by atoms with Gasteiger partial charge in [-0.1, -0.05) is 23.2 Å². The highest BCUT2D eigenvalue weighted by Gasteiger charge is 2.11. The van der Waals surface area contributed by atoms with Crippen molar-refractivity contribution in [3.8, 4) is 11.6 Å². The predicted octanol–water partition coefficient (Wildman–Crippen LogP) is 3.76. The number of ether oxygens (including phenoxy) is 1. The third-order valence-electron chi connectivity index (χ3n) is 2.50. The van der Waals surface area contributed by atoms with Crippen LogP contribution in [0.4, 0.5) is 0 Å². The SMILES string of the molecule is Cc1nc2c(Cl)c(Oc3cc(Cl)ncn3)ccc2[nH]1. The molecule has 1 N–H and O–H groups in total. The Morgan fingerprint density at radius 2 is 2.05 bits per heavy atom. The number of benzene rings is 1. The first-order valence-corrected chi connectivity index (χ1v) is 6.19. The molecule has 2 heterocycles. The fourth-order valence-corrected chi connectivity index (χ4v) is 2.09. The van der Waals surface area contributed by atoms with E-state index in [9.17, 15) is 0 Å². The van der Waals surface area contributed by atoms with Gasteiger partial charge in [-0.05, 0) is 19.1 Å². The molecule has 2 aromatic heterocycles. The number of aryl methyl sites for hydroxylation is 1. The van der Waals surface area contributed by atoms with E-state index in [1.54, 1.807) is 6.07 Å². The molecule has 0 spiro atoms. The number of fused-ring (bicyclic) bond motifs is 1. The Labute approximate surface area is 118 Å². The van der Waals surface area contributed by atoms with Gasteiger partial charge in [0.15, 0.2) is 0 Å². The highest BCUT2D eigenvalue weighted by Crippen LogP contribution is 2.34. The maximum atomic E-state index is 6.26. The van der Waals surface area contributed by atoms with Crippen LogP contribution >= 0.6 is 23.2 Å². The van der Waals surface area contributed by atoms with Crippen LogP contribution in [-0.4, -0.2) is 19.9 Å². The van der Waals surface area contributed by atoms with E-state index >= 15 is 0 Å². The number of rotatable bonds is 2. The van der Waals surface area contributed by atoms with Gasteiger partial charge in [0.1, 0.15) is 33.6 Å². The summed E-state index contributed by atoms with van der Waals surface area (Å²) in [6.45, 7) is 1.86. The fraction of sp³-hybridized carbons (Fsp3) is 0.0833. The van der Waals surface area contributed by atoms with Gasteiger partial charge in [-0.2, -0.15) is 0 Å². The van der Waals surface area contributed by atoms with Crippen LogP contribution in [0, 0.1) is 6.92 Å². The zero-order valence-electron chi connectivity index (χ0n) is 9.82. The van der Waals surface area contributed by atoms with Crippen molar-refractivity contribution < 1.29 is 4.74 Å². The zero-order valence-corrected chi connectivity index (χ0v) is 11.3. The number of aromatic amines is 1. The lowest BCUT2D eigenvalue weighted by atomic mass is 10.3. The van der Waals surface area contributed by atoms with E-state index in [0.717, 1.165) is 11.3 Å². The van der Waals surface area contributed by atoms with E-state index in [0.29, 0.717) is 27.3 Å². The highest BCUT2D eigenvalue weighted by atomic mass is 35.5. The van der Waals surface area contributed by atoms with E-state index < -0.39 is 0 Å². The topological polar surface area (TPSA) is 63.7 Å². The average molecular weight is 295 g/mol. The smallest absolute Gasteiger partial charge is 0.223 e. The third-order valence-corrected chi connectivity index (χ3v) is 3.07. The minimum Gasteiger partial charge on any atom is -0.437 e. The number of aromatic nitrogens is 4. The Bertz CT molecular complexity index is 757. The first-order valence-electron chi connectivity index (χ1n) is 5.44. The number of hydrogen-bond donors (Lipinski definition) is 1. The Morgan fingerprint density at radius 3 is 2.84 bits per heavy atom. The first-order chi connectivity index (χ1) is 9.13. The second-order valence-electron chi connectivity index (χ2n) is 3.88. The lowest BCUT2D eigenvalue weighted by Gasteiger charge is -2.06. The lowest BCUT2D eigenvalue weighted by molar-refractivity contribution is 0.462.